The molecule has 100 valence electrons. The van der Waals surface area contributed by atoms with E-state index in [1.54, 1.807) is 0 Å². The van der Waals surface area contributed by atoms with Crippen LogP contribution in [-0.2, 0) is 12.1 Å². The third kappa shape index (κ3) is 3.78. The Morgan fingerprint density at radius 2 is 1.68 bits per heavy atom. The maximum atomic E-state index is 9.72. The van der Waals surface area contributed by atoms with Crippen molar-refractivity contribution in [2.45, 2.75) is 19.0 Å². The molecule has 0 amide bonds. The molecule has 0 saturated carbocycles. The van der Waals surface area contributed by atoms with Gasteiger partial charge < -0.3 is 10.4 Å². The second-order valence-electron chi connectivity index (χ2n) is 4.84. The van der Waals surface area contributed by atoms with E-state index in [-0.39, 0.29) is 6.61 Å². The lowest BCUT2D eigenvalue weighted by Crippen LogP contribution is -2.42. The molecule has 2 aromatic rings. The second kappa shape index (κ2) is 6.50. The number of halogens is 1. The van der Waals surface area contributed by atoms with Gasteiger partial charge in [-0.15, -0.1) is 0 Å². The third-order valence-corrected chi connectivity index (χ3v) is 4.04. The van der Waals surface area contributed by atoms with Crippen molar-refractivity contribution in [2.75, 3.05) is 6.61 Å². The van der Waals surface area contributed by atoms with Gasteiger partial charge in [0.25, 0.3) is 0 Å². The van der Waals surface area contributed by atoms with Crippen LogP contribution >= 0.6 is 22.6 Å². The van der Waals surface area contributed by atoms with Crippen molar-refractivity contribution in [2.24, 2.45) is 0 Å². The predicted molar refractivity (Wildman–Crippen MR) is 86.9 cm³/mol. The molecule has 0 spiro atoms. The summed E-state index contributed by atoms with van der Waals surface area (Å²) in [6.07, 6.45) is 0. The van der Waals surface area contributed by atoms with E-state index in [0.29, 0.717) is 0 Å². The molecular weight excluding hydrogens is 349 g/mol. The number of hydrogen-bond acceptors (Lipinski definition) is 2. The Kier molecular flexibility index (Phi) is 4.96. The number of aliphatic hydroxyl groups is 1. The Morgan fingerprint density at radius 1 is 1.05 bits per heavy atom. The zero-order valence-electron chi connectivity index (χ0n) is 10.9. The average Bonchev–Trinajstić information content (AvgIpc) is 2.46. The molecule has 0 aliphatic heterocycles. The average molecular weight is 367 g/mol. The zero-order chi connectivity index (χ0) is 13.7. The van der Waals surface area contributed by atoms with E-state index in [1.165, 1.54) is 9.13 Å². The number of nitrogens with one attached hydrogen (secondary N) is 1. The Hall–Kier alpha value is -0.910. The van der Waals surface area contributed by atoms with Gasteiger partial charge in [-0.25, -0.2) is 0 Å². The van der Waals surface area contributed by atoms with E-state index >= 15 is 0 Å². The molecule has 3 heteroatoms. The molecule has 2 rings (SSSR count). The van der Waals surface area contributed by atoms with Crippen LogP contribution in [0.15, 0.2) is 54.6 Å². The molecule has 0 aromatic heterocycles. The van der Waals surface area contributed by atoms with E-state index in [0.717, 1.165) is 12.1 Å². The quantitative estimate of drug-likeness (QED) is 0.795. The van der Waals surface area contributed by atoms with Crippen molar-refractivity contribution in [1.29, 1.82) is 0 Å². The van der Waals surface area contributed by atoms with Gasteiger partial charge >= 0.3 is 0 Å². The highest BCUT2D eigenvalue weighted by Gasteiger charge is 2.24. The first kappa shape index (κ1) is 14.5. The van der Waals surface area contributed by atoms with Crippen molar-refractivity contribution in [3.8, 4) is 0 Å². The molecule has 0 radical (unpaired) electrons. The number of rotatable bonds is 5. The van der Waals surface area contributed by atoms with Crippen molar-refractivity contribution in [3.63, 3.8) is 0 Å². The van der Waals surface area contributed by atoms with Crippen LogP contribution in [0.1, 0.15) is 18.1 Å². The highest BCUT2D eigenvalue weighted by molar-refractivity contribution is 14.1. The summed E-state index contributed by atoms with van der Waals surface area (Å²) < 4.78 is 1.20. The van der Waals surface area contributed by atoms with Crippen molar-refractivity contribution >= 4 is 22.6 Å². The molecule has 0 aliphatic rings. The fourth-order valence-corrected chi connectivity index (χ4v) is 2.32. The van der Waals surface area contributed by atoms with Gasteiger partial charge in [0.15, 0.2) is 0 Å². The first-order valence-corrected chi connectivity index (χ1v) is 7.38. The van der Waals surface area contributed by atoms with Gasteiger partial charge in [-0.2, -0.15) is 0 Å². The fourth-order valence-electron chi connectivity index (χ4n) is 1.96. The van der Waals surface area contributed by atoms with Crippen molar-refractivity contribution in [3.05, 3.63) is 69.3 Å². The highest BCUT2D eigenvalue weighted by Crippen LogP contribution is 2.22. The van der Waals surface area contributed by atoms with Gasteiger partial charge in [0.2, 0.25) is 0 Å². The molecule has 2 N–H and O–H groups in total. The molecule has 0 saturated heterocycles. The van der Waals surface area contributed by atoms with Crippen LogP contribution < -0.4 is 5.32 Å². The summed E-state index contributed by atoms with van der Waals surface area (Å²) in [5, 5.41) is 13.2. The van der Waals surface area contributed by atoms with E-state index < -0.39 is 5.54 Å². The lowest BCUT2D eigenvalue weighted by molar-refractivity contribution is 0.173. The molecule has 1 atom stereocenters. The molecule has 0 aliphatic carbocycles. The normalized spacial score (nSPS) is 14.1. The first-order valence-electron chi connectivity index (χ1n) is 6.30. The minimum Gasteiger partial charge on any atom is -0.394 e. The molecule has 2 aromatic carbocycles. The van der Waals surface area contributed by atoms with Crippen LogP contribution in [0.3, 0.4) is 0 Å². The zero-order valence-corrected chi connectivity index (χ0v) is 13.1. The summed E-state index contributed by atoms with van der Waals surface area (Å²) in [5.41, 5.74) is 1.90. The Morgan fingerprint density at radius 3 is 2.26 bits per heavy atom. The molecular formula is C16H18INO. The molecule has 0 fully saturated rings. The summed E-state index contributed by atoms with van der Waals surface area (Å²) in [5.74, 6) is 0. The van der Waals surface area contributed by atoms with E-state index in [4.69, 9.17) is 0 Å². The minimum atomic E-state index is -0.416. The molecule has 0 bridgehead atoms. The number of benzene rings is 2. The van der Waals surface area contributed by atoms with E-state index in [2.05, 4.69) is 64.3 Å². The van der Waals surface area contributed by atoms with Gasteiger partial charge in [0.1, 0.15) is 0 Å². The van der Waals surface area contributed by atoms with E-state index in [9.17, 15) is 5.11 Å². The van der Waals surface area contributed by atoms with Crippen LogP contribution in [0.4, 0.5) is 0 Å². The van der Waals surface area contributed by atoms with Crippen LogP contribution in [0.5, 0.6) is 0 Å². The summed E-state index contributed by atoms with van der Waals surface area (Å²) in [7, 11) is 0. The van der Waals surface area contributed by atoms with Crippen molar-refractivity contribution < 1.29 is 5.11 Å². The lowest BCUT2D eigenvalue weighted by Gasteiger charge is -2.29. The molecule has 19 heavy (non-hydrogen) atoms. The van der Waals surface area contributed by atoms with Gasteiger partial charge in [-0.3, -0.25) is 0 Å². The van der Waals surface area contributed by atoms with E-state index in [1.807, 2.05) is 25.1 Å². The van der Waals surface area contributed by atoms with Gasteiger partial charge in [0.05, 0.1) is 12.1 Å². The summed E-state index contributed by atoms with van der Waals surface area (Å²) >= 11 is 2.28. The van der Waals surface area contributed by atoms with Crippen LogP contribution in [0.2, 0.25) is 0 Å². The van der Waals surface area contributed by atoms with Crippen LogP contribution in [0.25, 0.3) is 0 Å². The third-order valence-electron chi connectivity index (χ3n) is 3.32. The van der Waals surface area contributed by atoms with Crippen LogP contribution in [-0.4, -0.2) is 11.7 Å². The number of aliphatic hydroxyl groups excluding tert-OH is 1. The maximum Gasteiger partial charge on any atom is 0.0652 e. The van der Waals surface area contributed by atoms with Gasteiger partial charge in [-0.1, -0.05) is 42.5 Å². The predicted octanol–water partition coefficient (Wildman–Crippen LogP) is 3.29. The van der Waals surface area contributed by atoms with Gasteiger partial charge in [0, 0.05) is 10.1 Å². The molecule has 0 heterocycles. The standard InChI is InChI=1S/C16H18INO/c1-16(12-19,14-7-9-15(17)10-8-14)18-11-13-5-3-2-4-6-13/h2-10,18-19H,11-12H2,1H3. The first-order chi connectivity index (χ1) is 9.14. The Balaban J connectivity index is 2.12. The van der Waals surface area contributed by atoms with Crippen LogP contribution in [0, 0.1) is 3.57 Å². The maximum absolute atomic E-state index is 9.72. The smallest absolute Gasteiger partial charge is 0.0652 e. The van der Waals surface area contributed by atoms with Crippen molar-refractivity contribution in [1.82, 2.24) is 5.32 Å². The topological polar surface area (TPSA) is 32.3 Å². The lowest BCUT2D eigenvalue weighted by atomic mass is 9.92. The fraction of sp³-hybridized carbons (Fsp3) is 0.250. The second-order valence-corrected chi connectivity index (χ2v) is 6.08. The number of hydrogen-bond donors (Lipinski definition) is 2. The largest absolute Gasteiger partial charge is 0.394 e. The molecule has 1 unspecified atom stereocenters. The summed E-state index contributed by atoms with van der Waals surface area (Å²) in [6, 6.07) is 18.5. The summed E-state index contributed by atoms with van der Waals surface area (Å²) in [4.78, 5) is 0. The van der Waals surface area contributed by atoms with Gasteiger partial charge in [-0.05, 0) is 52.8 Å². The Labute approximate surface area is 128 Å². The highest BCUT2D eigenvalue weighted by atomic mass is 127. The minimum absolute atomic E-state index is 0.0699. The SMILES string of the molecule is CC(CO)(NCc1ccccc1)c1ccc(I)cc1. The molecule has 2 nitrogen and oxygen atoms in total. The summed E-state index contributed by atoms with van der Waals surface area (Å²) in [6.45, 7) is 2.84. The monoisotopic (exact) mass is 367 g/mol. The Bertz CT molecular complexity index is 512.